The van der Waals surface area contributed by atoms with Crippen LogP contribution in [0.5, 0.6) is 0 Å². The summed E-state index contributed by atoms with van der Waals surface area (Å²) in [4.78, 5) is 0. The fourth-order valence-corrected chi connectivity index (χ4v) is 3.69. The number of aliphatic hydroxyl groups is 1. The smallest absolute Gasteiger partial charge is 0.136 e. The van der Waals surface area contributed by atoms with Gasteiger partial charge in [0.05, 0.1) is 0 Å². The van der Waals surface area contributed by atoms with E-state index in [4.69, 9.17) is 4.74 Å². The molecule has 0 saturated heterocycles. The fraction of sp³-hybridized carbons (Fsp3) is 0.500. The molecule has 118 valence electrons. The van der Waals surface area contributed by atoms with Crippen molar-refractivity contribution in [3.8, 4) is 0 Å². The molecule has 1 heterocycles. The van der Waals surface area contributed by atoms with E-state index in [0.29, 0.717) is 5.76 Å². The lowest BCUT2D eigenvalue weighted by Gasteiger charge is -2.43. The molecule has 2 heteroatoms. The number of hydrogen-bond acceptors (Lipinski definition) is 2. The van der Waals surface area contributed by atoms with E-state index in [9.17, 15) is 5.11 Å². The van der Waals surface area contributed by atoms with Gasteiger partial charge in [0.25, 0.3) is 0 Å². The molecule has 0 atom stereocenters. The van der Waals surface area contributed by atoms with Gasteiger partial charge in [-0.15, -0.1) is 0 Å². The molecule has 1 aromatic carbocycles. The normalized spacial score (nSPS) is 21.5. The maximum Gasteiger partial charge on any atom is 0.136 e. The van der Waals surface area contributed by atoms with Gasteiger partial charge in [0.1, 0.15) is 17.0 Å². The zero-order chi connectivity index (χ0) is 16.0. The van der Waals surface area contributed by atoms with Crippen molar-refractivity contribution in [1.82, 2.24) is 0 Å². The molecule has 2 nitrogen and oxygen atoms in total. The molecule has 0 spiro atoms. The SMILES string of the molecule is CC(C)(O)C1=C(c2ccccc2)C2=C(CCCC2)C(C)(C)O1. The van der Waals surface area contributed by atoms with Crippen LogP contribution in [0, 0.1) is 0 Å². The standard InChI is InChI=1S/C20H26O2/c1-19(2,21)18-17(14-10-6-5-7-11-14)15-12-8-9-13-16(15)20(3,4)22-18/h5-7,10-11,21H,8-9,12-13H2,1-4H3. The fourth-order valence-electron chi connectivity index (χ4n) is 3.69. The Bertz CT molecular complexity index is 627. The van der Waals surface area contributed by atoms with Gasteiger partial charge in [0.15, 0.2) is 0 Å². The molecular weight excluding hydrogens is 272 g/mol. The summed E-state index contributed by atoms with van der Waals surface area (Å²) in [6.45, 7) is 7.88. The van der Waals surface area contributed by atoms with Crippen LogP contribution in [0.25, 0.3) is 5.57 Å². The van der Waals surface area contributed by atoms with E-state index in [1.807, 2.05) is 32.0 Å². The maximum atomic E-state index is 10.7. The molecule has 0 bridgehead atoms. The first-order valence-corrected chi connectivity index (χ1v) is 8.25. The third kappa shape index (κ3) is 2.61. The van der Waals surface area contributed by atoms with Gasteiger partial charge in [0, 0.05) is 5.57 Å². The highest BCUT2D eigenvalue weighted by molar-refractivity contribution is 5.84. The minimum Gasteiger partial charge on any atom is -0.484 e. The highest BCUT2D eigenvalue weighted by Gasteiger charge is 2.41. The molecule has 0 fully saturated rings. The maximum absolute atomic E-state index is 10.7. The summed E-state index contributed by atoms with van der Waals surface area (Å²) in [5.74, 6) is 0.712. The number of allylic oxidation sites excluding steroid dienone is 2. The number of benzene rings is 1. The third-order valence-corrected chi connectivity index (χ3v) is 4.70. The Labute approximate surface area is 133 Å². The second-order valence-electron chi connectivity index (χ2n) is 7.41. The van der Waals surface area contributed by atoms with Crippen LogP contribution in [0.15, 0.2) is 47.2 Å². The van der Waals surface area contributed by atoms with Crippen molar-refractivity contribution in [2.24, 2.45) is 0 Å². The predicted octanol–water partition coefficient (Wildman–Crippen LogP) is 4.85. The number of hydrogen-bond donors (Lipinski definition) is 1. The molecule has 0 amide bonds. The Morgan fingerprint density at radius 2 is 1.68 bits per heavy atom. The van der Waals surface area contributed by atoms with Gasteiger partial charge in [-0.3, -0.25) is 0 Å². The predicted molar refractivity (Wildman–Crippen MR) is 90.3 cm³/mol. The Morgan fingerprint density at radius 3 is 2.32 bits per heavy atom. The summed E-state index contributed by atoms with van der Waals surface area (Å²) in [6.07, 6.45) is 4.61. The third-order valence-electron chi connectivity index (χ3n) is 4.70. The van der Waals surface area contributed by atoms with Gasteiger partial charge in [-0.25, -0.2) is 0 Å². The van der Waals surface area contributed by atoms with E-state index < -0.39 is 5.60 Å². The van der Waals surface area contributed by atoms with Crippen LogP contribution in [-0.2, 0) is 4.74 Å². The molecule has 0 saturated carbocycles. The molecule has 2 aliphatic rings. The summed E-state index contributed by atoms with van der Waals surface area (Å²) >= 11 is 0. The average Bonchev–Trinajstić information content (AvgIpc) is 2.47. The number of ether oxygens (including phenoxy) is 1. The van der Waals surface area contributed by atoms with Crippen molar-refractivity contribution in [3.05, 3.63) is 52.8 Å². The van der Waals surface area contributed by atoms with Crippen LogP contribution in [0.3, 0.4) is 0 Å². The van der Waals surface area contributed by atoms with Crippen molar-refractivity contribution in [1.29, 1.82) is 0 Å². The van der Waals surface area contributed by atoms with E-state index in [2.05, 4.69) is 26.0 Å². The second kappa shape index (κ2) is 5.27. The van der Waals surface area contributed by atoms with Crippen molar-refractivity contribution >= 4 is 5.57 Å². The van der Waals surface area contributed by atoms with Crippen molar-refractivity contribution < 1.29 is 9.84 Å². The van der Waals surface area contributed by atoms with Gasteiger partial charge in [-0.2, -0.15) is 0 Å². The first-order chi connectivity index (χ1) is 10.3. The number of rotatable bonds is 2. The van der Waals surface area contributed by atoms with Crippen LogP contribution >= 0.6 is 0 Å². The Hall–Kier alpha value is -1.54. The molecule has 0 unspecified atom stereocenters. The minimum absolute atomic E-state index is 0.330. The molecule has 1 aromatic rings. The minimum atomic E-state index is -0.988. The summed E-state index contributed by atoms with van der Waals surface area (Å²) < 4.78 is 6.35. The van der Waals surface area contributed by atoms with E-state index >= 15 is 0 Å². The van der Waals surface area contributed by atoms with Gasteiger partial charge in [-0.1, -0.05) is 30.3 Å². The van der Waals surface area contributed by atoms with Crippen LogP contribution < -0.4 is 0 Å². The monoisotopic (exact) mass is 298 g/mol. The van der Waals surface area contributed by atoms with E-state index in [1.165, 1.54) is 24.0 Å². The van der Waals surface area contributed by atoms with E-state index in [0.717, 1.165) is 24.0 Å². The van der Waals surface area contributed by atoms with Crippen molar-refractivity contribution in [2.75, 3.05) is 0 Å². The van der Waals surface area contributed by atoms with Crippen molar-refractivity contribution in [2.45, 2.75) is 64.6 Å². The van der Waals surface area contributed by atoms with Gasteiger partial charge in [0.2, 0.25) is 0 Å². The van der Waals surface area contributed by atoms with Gasteiger partial charge in [-0.05, 0) is 70.1 Å². The van der Waals surface area contributed by atoms with E-state index in [-0.39, 0.29) is 5.60 Å². The summed E-state index contributed by atoms with van der Waals surface area (Å²) in [6, 6.07) is 10.3. The zero-order valence-corrected chi connectivity index (χ0v) is 14.1. The Morgan fingerprint density at radius 1 is 1.05 bits per heavy atom. The first-order valence-electron chi connectivity index (χ1n) is 8.25. The lowest BCUT2D eigenvalue weighted by Crippen LogP contribution is -2.39. The van der Waals surface area contributed by atoms with E-state index in [1.54, 1.807) is 0 Å². The van der Waals surface area contributed by atoms with Crippen LogP contribution in [0.2, 0.25) is 0 Å². The highest BCUT2D eigenvalue weighted by Crippen LogP contribution is 2.49. The average molecular weight is 298 g/mol. The lowest BCUT2D eigenvalue weighted by atomic mass is 9.75. The molecule has 3 rings (SSSR count). The molecule has 0 radical (unpaired) electrons. The highest BCUT2D eigenvalue weighted by atomic mass is 16.5. The zero-order valence-electron chi connectivity index (χ0n) is 14.1. The summed E-state index contributed by atoms with van der Waals surface area (Å²) in [5, 5.41) is 10.7. The first kappa shape index (κ1) is 15.4. The molecule has 22 heavy (non-hydrogen) atoms. The Balaban J connectivity index is 2.27. The molecule has 1 aliphatic carbocycles. The van der Waals surface area contributed by atoms with Gasteiger partial charge < -0.3 is 9.84 Å². The molecule has 1 N–H and O–H groups in total. The largest absolute Gasteiger partial charge is 0.484 e. The molecule has 1 aliphatic heterocycles. The topological polar surface area (TPSA) is 29.5 Å². The van der Waals surface area contributed by atoms with Crippen LogP contribution in [-0.4, -0.2) is 16.3 Å². The summed E-state index contributed by atoms with van der Waals surface area (Å²) in [5.41, 5.74) is 3.74. The summed E-state index contributed by atoms with van der Waals surface area (Å²) in [7, 11) is 0. The molecular formula is C20H26O2. The lowest BCUT2D eigenvalue weighted by molar-refractivity contribution is -0.0202. The van der Waals surface area contributed by atoms with Gasteiger partial charge >= 0.3 is 0 Å². The van der Waals surface area contributed by atoms with Crippen LogP contribution in [0.1, 0.15) is 58.9 Å². The Kier molecular flexibility index (Phi) is 3.68. The van der Waals surface area contributed by atoms with Crippen LogP contribution in [0.4, 0.5) is 0 Å². The second-order valence-corrected chi connectivity index (χ2v) is 7.41. The quantitative estimate of drug-likeness (QED) is 0.846. The molecule has 0 aromatic heterocycles. The van der Waals surface area contributed by atoms with Crippen molar-refractivity contribution in [3.63, 3.8) is 0 Å².